The second kappa shape index (κ2) is 10.1. The van der Waals surface area contributed by atoms with E-state index in [1.54, 1.807) is 12.1 Å². The lowest BCUT2D eigenvalue weighted by molar-refractivity contribution is -0.122. The summed E-state index contributed by atoms with van der Waals surface area (Å²) in [6.45, 7) is 3.31. The van der Waals surface area contributed by atoms with E-state index in [1.165, 1.54) is 43.5 Å². The molecule has 0 saturated carbocycles. The molecule has 0 atom stereocenters. The van der Waals surface area contributed by atoms with Crippen molar-refractivity contribution in [1.82, 2.24) is 10.2 Å². The third-order valence-corrected chi connectivity index (χ3v) is 4.90. The highest BCUT2D eigenvalue weighted by Gasteiger charge is 2.32. The Morgan fingerprint density at radius 1 is 1.28 bits per heavy atom. The van der Waals surface area contributed by atoms with Crippen LogP contribution in [0.4, 0.5) is 14.9 Å². The van der Waals surface area contributed by atoms with Gasteiger partial charge in [0.05, 0.1) is 11.6 Å². The van der Waals surface area contributed by atoms with Crippen molar-refractivity contribution in [2.24, 2.45) is 0 Å². The van der Waals surface area contributed by atoms with Gasteiger partial charge in [0.2, 0.25) is 0 Å². The highest BCUT2D eigenvalue weighted by atomic mass is 79.9. The van der Waals surface area contributed by atoms with Crippen LogP contribution in [0.15, 0.2) is 59.2 Å². The number of carbonyl (C=O) groups is 3. The fraction of sp³-hybridized carbons (Fsp3) is 0.136. The van der Waals surface area contributed by atoms with E-state index < -0.39 is 23.7 Å². The number of urea groups is 1. The summed E-state index contributed by atoms with van der Waals surface area (Å²) in [6.07, 6.45) is 2.96. The first-order valence-corrected chi connectivity index (χ1v) is 10.1. The fourth-order valence-corrected chi connectivity index (χ4v) is 3.44. The van der Waals surface area contributed by atoms with Gasteiger partial charge >= 0.3 is 6.03 Å². The third-order valence-electron chi connectivity index (χ3n) is 4.31. The van der Waals surface area contributed by atoms with E-state index in [9.17, 15) is 18.8 Å². The van der Waals surface area contributed by atoms with Gasteiger partial charge in [-0.05, 0) is 64.0 Å². The minimum atomic E-state index is -0.528. The summed E-state index contributed by atoms with van der Waals surface area (Å²) in [7, 11) is 1.43. The molecule has 166 valence electrons. The molecule has 0 bridgehead atoms. The maximum Gasteiger partial charge on any atom is 0.329 e. The van der Waals surface area contributed by atoms with Crippen molar-refractivity contribution in [3.8, 4) is 11.5 Å². The number of anilines is 1. The number of hydrogen-bond acceptors (Lipinski definition) is 5. The molecule has 3 rings (SSSR count). The average molecular weight is 504 g/mol. The normalized spacial score (nSPS) is 14.3. The number of nitrogens with one attached hydrogen (secondary N) is 2. The van der Waals surface area contributed by atoms with E-state index in [0.717, 1.165) is 4.90 Å². The fourth-order valence-electron chi connectivity index (χ4n) is 2.86. The minimum Gasteiger partial charge on any atom is -0.493 e. The first-order chi connectivity index (χ1) is 15.3. The SMILES string of the molecule is C=CCN1C(=O)N/C(=C/c2cc(Br)c(OCC(=O)Nc3ccc(F)cc3)c(OC)c2)C1=O. The highest BCUT2D eigenvalue weighted by Crippen LogP contribution is 2.37. The van der Waals surface area contributed by atoms with Gasteiger partial charge in [-0.2, -0.15) is 0 Å². The van der Waals surface area contributed by atoms with Crippen molar-refractivity contribution in [2.45, 2.75) is 0 Å². The largest absolute Gasteiger partial charge is 0.493 e. The number of benzene rings is 2. The zero-order chi connectivity index (χ0) is 23.3. The number of rotatable bonds is 8. The number of imide groups is 1. The van der Waals surface area contributed by atoms with E-state index >= 15 is 0 Å². The Labute approximate surface area is 191 Å². The molecule has 1 aliphatic rings. The summed E-state index contributed by atoms with van der Waals surface area (Å²) in [5.74, 6) is -0.740. The molecule has 10 heteroatoms. The van der Waals surface area contributed by atoms with Crippen LogP contribution in [-0.4, -0.2) is 43.0 Å². The van der Waals surface area contributed by atoms with Crippen molar-refractivity contribution in [3.63, 3.8) is 0 Å². The zero-order valence-corrected chi connectivity index (χ0v) is 18.6. The first-order valence-electron chi connectivity index (χ1n) is 9.33. The van der Waals surface area contributed by atoms with Gasteiger partial charge in [0.15, 0.2) is 18.1 Å². The minimum absolute atomic E-state index is 0.0990. The number of hydrogen-bond donors (Lipinski definition) is 2. The lowest BCUT2D eigenvalue weighted by Crippen LogP contribution is -2.30. The summed E-state index contributed by atoms with van der Waals surface area (Å²) in [4.78, 5) is 37.4. The Morgan fingerprint density at radius 2 is 2.00 bits per heavy atom. The predicted octanol–water partition coefficient (Wildman–Crippen LogP) is 3.69. The Hall–Kier alpha value is -3.66. The van der Waals surface area contributed by atoms with Crippen molar-refractivity contribution in [3.05, 3.63) is 70.6 Å². The van der Waals surface area contributed by atoms with Crippen molar-refractivity contribution in [1.29, 1.82) is 0 Å². The number of methoxy groups -OCH3 is 1. The van der Waals surface area contributed by atoms with E-state index in [4.69, 9.17) is 9.47 Å². The average Bonchev–Trinajstić information content (AvgIpc) is 3.02. The maximum atomic E-state index is 13.0. The maximum absolute atomic E-state index is 13.0. The molecule has 8 nitrogen and oxygen atoms in total. The van der Waals surface area contributed by atoms with Crippen LogP contribution in [0.5, 0.6) is 11.5 Å². The number of carbonyl (C=O) groups excluding carboxylic acids is 3. The van der Waals surface area contributed by atoms with Crippen molar-refractivity contribution in [2.75, 3.05) is 25.6 Å². The molecule has 2 N–H and O–H groups in total. The quantitative estimate of drug-likeness (QED) is 0.325. The molecule has 1 aliphatic heterocycles. The van der Waals surface area contributed by atoms with E-state index in [0.29, 0.717) is 21.5 Å². The molecule has 0 aliphatic carbocycles. The molecule has 32 heavy (non-hydrogen) atoms. The molecular weight excluding hydrogens is 485 g/mol. The summed E-state index contributed by atoms with van der Waals surface area (Å²) in [5, 5.41) is 5.11. The molecule has 0 unspecified atom stereocenters. The van der Waals surface area contributed by atoms with Crippen LogP contribution in [0, 0.1) is 5.82 Å². The van der Waals surface area contributed by atoms with E-state index in [-0.39, 0.29) is 24.6 Å². The lowest BCUT2D eigenvalue weighted by atomic mass is 10.1. The molecule has 1 fully saturated rings. The van der Waals surface area contributed by atoms with Crippen LogP contribution in [0.3, 0.4) is 0 Å². The summed E-state index contributed by atoms with van der Waals surface area (Å²) < 4.78 is 24.4. The van der Waals surface area contributed by atoms with Gasteiger partial charge in [0.25, 0.3) is 11.8 Å². The van der Waals surface area contributed by atoms with Crippen LogP contribution in [0.1, 0.15) is 5.56 Å². The smallest absolute Gasteiger partial charge is 0.329 e. The third kappa shape index (κ3) is 5.33. The molecule has 1 saturated heterocycles. The summed E-state index contributed by atoms with van der Waals surface area (Å²) >= 11 is 3.37. The van der Waals surface area contributed by atoms with Gasteiger partial charge in [-0.25, -0.2) is 9.18 Å². The van der Waals surface area contributed by atoms with E-state index in [2.05, 4.69) is 33.1 Å². The second-order valence-corrected chi connectivity index (χ2v) is 7.42. The molecule has 2 aromatic rings. The number of nitrogens with zero attached hydrogens (tertiary/aromatic N) is 1. The van der Waals surface area contributed by atoms with Gasteiger partial charge in [-0.1, -0.05) is 6.08 Å². The van der Waals surface area contributed by atoms with Gasteiger partial charge in [0, 0.05) is 12.2 Å². The molecule has 0 radical (unpaired) electrons. The van der Waals surface area contributed by atoms with E-state index in [1.807, 2.05) is 0 Å². The van der Waals surface area contributed by atoms with Crippen molar-refractivity contribution >= 4 is 45.5 Å². The lowest BCUT2D eigenvalue weighted by Gasteiger charge is -2.14. The Morgan fingerprint density at radius 3 is 2.66 bits per heavy atom. The highest BCUT2D eigenvalue weighted by molar-refractivity contribution is 9.10. The van der Waals surface area contributed by atoms with Crippen LogP contribution >= 0.6 is 15.9 Å². The number of amides is 4. The van der Waals surface area contributed by atoms with Crippen LogP contribution in [0.2, 0.25) is 0 Å². The Bertz CT molecular complexity index is 1100. The number of ether oxygens (including phenoxy) is 2. The molecule has 4 amide bonds. The molecule has 1 heterocycles. The van der Waals surface area contributed by atoms with Gasteiger partial charge in [0.1, 0.15) is 11.5 Å². The monoisotopic (exact) mass is 503 g/mol. The second-order valence-electron chi connectivity index (χ2n) is 6.57. The first kappa shape index (κ1) is 23.0. The number of halogens is 2. The standard InChI is InChI=1S/C22H19BrFN3O5/c1-3-8-27-21(29)17(26-22(27)30)10-13-9-16(23)20(18(11-13)31-2)32-12-19(28)25-15-6-4-14(24)5-7-15/h3-7,9-11H,1,8,12H2,2H3,(H,25,28)(H,26,30)/b17-10+. The van der Waals surface area contributed by atoms with Crippen molar-refractivity contribution < 1.29 is 28.2 Å². The van der Waals surface area contributed by atoms with Crippen LogP contribution < -0.4 is 20.1 Å². The zero-order valence-electron chi connectivity index (χ0n) is 17.0. The van der Waals surface area contributed by atoms with Gasteiger partial charge in [-0.15, -0.1) is 6.58 Å². The predicted molar refractivity (Wildman–Crippen MR) is 120 cm³/mol. The van der Waals surface area contributed by atoms with Gasteiger partial charge < -0.3 is 20.1 Å². The summed E-state index contributed by atoms with van der Waals surface area (Å²) in [5.41, 5.74) is 1.10. The molecule has 2 aromatic carbocycles. The Kier molecular flexibility index (Phi) is 7.26. The molecular formula is C22H19BrFN3O5. The van der Waals surface area contributed by atoms with Crippen LogP contribution in [0.25, 0.3) is 6.08 Å². The topological polar surface area (TPSA) is 97.0 Å². The molecule has 0 aromatic heterocycles. The molecule has 0 spiro atoms. The summed E-state index contributed by atoms with van der Waals surface area (Å²) in [6, 6.07) is 8.06. The Balaban J connectivity index is 1.73. The van der Waals surface area contributed by atoms with Gasteiger partial charge in [-0.3, -0.25) is 14.5 Å². The van der Waals surface area contributed by atoms with Crippen LogP contribution in [-0.2, 0) is 9.59 Å².